The van der Waals surface area contributed by atoms with Gasteiger partial charge in [0.2, 0.25) is 10.0 Å². The third-order valence-corrected chi connectivity index (χ3v) is 7.75. The Morgan fingerprint density at radius 2 is 1.88 bits per heavy atom. The van der Waals surface area contributed by atoms with Crippen molar-refractivity contribution < 1.29 is 8.42 Å². The Bertz CT molecular complexity index is 782. The highest BCUT2D eigenvalue weighted by atomic mass is 32.2. The molecule has 2 heterocycles. The molecule has 0 N–H and O–H groups in total. The molecule has 1 fully saturated rings. The van der Waals surface area contributed by atoms with Crippen LogP contribution in [0, 0.1) is 0 Å². The Labute approximate surface area is 161 Å². The van der Waals surface area contributed by atoms with E-state index in [1.807, 2.05) is 23.9 Å². The summed E-state index contributed by atoms with van der Waals surface area (Å²) < 4.78 is 26.1. The van der Waals surface area contributed by atoms with Crippen molar-refractivity contribution in [2.75, 3.05) is 46.8 Å². The van der Waals surface area contributed by atoms with Gasteiger partial charge in [0.1, 0.15) is 0 Å². The zero-order valence-electron chi connectivity index (χ0n) is 16.0. The standard InChI is InChI=1S/C18H28N4O2S2/c1-18(2)14-19-17(25-18)22-10-8-21(9-11-22)13-15-6-5-7-16(12-15)26(23,24)20(3)4/h5-7,12H,8-11,13-14H2,1-4H3. The topological polar surface area (TPSA) is 56.2 Å². The molecule has 0 spiro atoms. The molecule has 0 bridgehead atoms. The Hall–Kier alpha value is -1.09. The molecule has 2 aliphatic rings. The summed E-state index contributed by atoms with van der Waals surface area (Å²) in [5.41, 5.74) is 1.04. The Balaban J connectivity index is 1.59. The Morgan fingerprint density at radius 1 is 1.19 bits per heavy atom. The monoisotopic (exact) mass is 396 g/mol. The van der Waals surface area contributed by atoms with Crippen LogP contribution in [-0.4, -0.2) is 79.3 Å². The molecule has 2 aliphatic heterocycles. The van der Waals surface area contributed by atoms with Crippen LogP contribution >= 0.6 is 11.8 Å². The average Bonchev–Trinajstić information content (AvgIpc) is 2.95. The minimum Gasteiger partial charge on any atom is -0.349 e. The van der Waals surface area contributed by atoms with Gasteiger partial charge in [0.25, 0.3) is 0 Å². The van der Waals surface area contributed by atoms with Crippen LogP contribution in [0.3, 0.4) is 0 Å². The number of nitrogens with zero attached hydrogens (tertiary/aromatic N) is 4. The number of sulfonamides is 1. The van der Waals surface area contributed by atoms with E-state index in [1.165, 1.54) is 9.47 Å². The average molecular weight is 397 g/mol. The Morgan fingerprint density at radius 3 is 2.46 bits per heavy atom. The molecule has 0 saturated carbocycles. The first kappa shape index (κ1) is 19.7. The van der Waals surface area contributed by atoms with Gasteiger partial charge in [-0.25, -0.2) is 12.7 Å². The lowest BCUT2D eigenvalue weighted by Gasteiger charge is -2.36. The van der Waals surface area contributed by atoms with Gasteiger partial charge in [-0.1, -0.05) is 23.9 Å². The minimum absolute atomic E-state index is 0.213. The zero-order chi connectivity index (χ0) is 18.9. The fourth-order valence-corrected chi connectivity index (χ4v) is 5.14. The second kappa shape index (κ2) is 7.50. The highest BCUT2D eigenvalue weighted by Gasteiger charge is 2.31. The van der Waals surface area contributed by atoms with Crippen molar-refractivity contribution in [1.82, 2.24) is 14.1 Å². The first-order valence-corrected chi connectivity index (χ1v) is 11.2. The van der Waals surface area contributed by atoms with Crippen LogP contribution in [0.4, 0.5) is 0 Å². The van der Waals surface area contributed by atoms with E-state index in [1.54, 1.807) is 26.2 Å². The molecule has 0 aromatic heterocycles. The number of hydrogen-bond donors (Lipinski definition) is 0. The van der Waals surface area contributed by atoms with Gasteiger partial charge in [-0.15, -0.1) is 0 Å². The van der Waals surface area contributed by atoms with E-state index in [9.17, 15) is 8.42 Å². The largest absolute Gasteiger partial charge is 0.349 e. The van der Waals surface area contributed by atoms with Crippen LogP contribution in [0.15, 0.2) is 34.2 Å². The van der Waals surface area contributed by atoms with E-state index in [-0.39, 0.29) is 4.75 Å². The van der Waals surface area contributed by atoms with Crippen LogP contribution in [0.1, 0.15) is 19.4 Å². The maximum absolute atomic E-state index is 12.3. The van der Waals surface area contributed by atoms with Crippen molar-refractivity contribution >= 4 is 27.0 Å². The maximum Gasteiger partial charge on any atom is 0.242 e. The smallest absolute Gasteiger partial charge is 0.242 e. The molecule has 3 rings (SSSR count). The van der Waals surface area contributed by atoms with E-state index in [0.29, 0.717) is 4.90 Å². The number of rotatable bonds is 4. The zero-order valence-corrected chi connectivity index (χ0v) is 17.6. The van der Waals surface area contributed by atoms with E-state index in [2.05, 4.69) is 23.6 Å². The first-order valence-electron chi connectivity index (χ1n) is 8.90. The predicted molar refractivity (Wildman–Crippen MR) is 108 cm³/mol. The summed E-state index contributed by atoms with van der Waals surface area (Å²) in [6, 6.07) is 7.28. The van der Waals surface area contributed by atoms with Crippen LogP contribution in [0.25, 0.3) is 0 Å². The normalized spacial score (nSPS) is 21.3. The number of aliphatic imine (C=N–C) groups is 1. The summed E-state index contributed by atoms with van der Waals surface area (Å²) in [5, 5.41) is 1.17. The highest BCUT2D eigenvalue weighted by Crippen LogP contribution is 2.33. The van der Waals surface area contributed by atoms with Gasteiger partial charge in [0, 0.05) is 51.6 Å². The number of hydrogen-bond acceptors (Lipinski definition) is 6. The number of amidine groups is 1. The molecule has 0 atom stereocenters. The number of piperazine rings is 1. The molecule has 1 aromatic carbocycles. The van der Waals surface area contributed by atoms with Gasteiger partial charge in [-0.05, 0) is 31.5 Å². The van der Waals surface area contributed by atoms with Crippen molar-refractivity contribution in [1.29, 1.82) is 0 Å². The summed E-state index contributed by atoms with van der Waals surface area (Å²) in [6.07, 6.45) is 0. The molecule has 1 aromatic rings. The summed E-state index contributed by atoms with van der Waals surface area (Å²) >= 11 is 1.87. The molecular formula is C18H28N4O2S2. The summed E-state index contributed by atoms with van der Waals surface area (Å²) in [4.78, 5) is 9.81. The molecule has 26 heavy (non-hydrogen) atoms. The summed E-state index contributed by atoms with van der Waals surface area (Å²) in [6.45, 7) is 10.00. The molecule has 144 valence electrons. The van der Waals surface area contributed by atoms with Crippen LogP contribution in [0.2, 0.25) is 0 Å². The highest BCUT2D eigenvalue weighted by molar-refractivity contribution is 8.15. The lowest BCUT2D eigenvalue weighted by Crippen LogP contribution is -2.47. The van der Waals surface area contributed by atoms with Crippen LogP contribution in [-0.2, 0) is 16.6 Å². The lowest BCUT2D eigenvalue weighted by molar-refractivity contribution is 0.177. The van der Waals surface area contributed by atoms with Crippen LogP contribution in [0.5, 0.6) is 0 Å². The predicted octanol–water partition coefficient (Wildman–Crippen LogP) is 1.94. The second-order valence-corrected chi connectivity index (χ2v) is 11.5. The molecule has 8 heteroatoms. The number of thioether (sulfide) groups is 1. The molecule has 0 aliphatic carbocycles. The van der Waals surface area contributed by atoms with E-state index >= 15 is 0 Å². The second-order valence-electron chi connectivity index (χ2n) is 7.66. The molecular weight excluding hydrogens is 368 g/mol. The van der Waals surface area contributed by atoms with Gasteiger partial charge < -0.3 is 4.90 Å². The quantitative estimate of drug-likeness (QED) is 0.778. The molecule has 1 saturated heterocycles. The van der Waals surface area contributed by atoms with Gasteiger partial charge in [-0.2, -0.15) is 0 Å². The molecule has 0 radical (unpaired) electrons. The van der Waals surface area contributed by atoms with E-state index in [0.717, 1.165) is 44.8 Å². The fraction of sp³-hybridized carbons (Fsp3) is 0.611. The SMILES string of the molecule is CN(C)S(=O)(=O)c1cccc(CN2CCN(C3=NCC(C)(C)S3)CC2)c1. The molecule has 0 amide bonds. The lowest BCUT2D eigenvalue weighted by atomic mass is 10.2. The molecule has 0 unspecified atom stereocenters. The van der Waals surface area contributed by atoms with Crippen molar-refractivity contribution in [3.63, 3.8) is 0 Å². The maximum atomic E-state index is 12.3. The van der Waals surface area contributed by atoms with Crippen LogP contribution < -0.4 is 0 Å². The van der Waals surface area contributed by atoms with Crippen molar-refractivity contribution in [3.8, 4) is 0 Å². The first-order chi connectivity index (χ1) is 12.2. The third kappa shape index (κ3) is 4.42. The van der Waals surface area contributed by atoms with Crippen molar-refractivity contribution in [2.24, 2.45) is 4.99 Å². The summed E-state index contributed by atoms with van der Waals surface area (Å²) in [5.74, 6) is 0. The van der Waals surface area contributed by atoms with E-state index < -0.39 is 10.0 Å². The minimum atomic E-state index is -3.38. The van der Waals surface area contributed by atoms with Crippen molar-refractivity contribution in [2.45, 2.75) is 30.0 Å². The van der Waals surface area contributed by atoms with Gasteiger partial charge >= 0.3 is 0 Å². The number of benzene rings is 1. The van der Waals surface area contributed by atoms with Gasteiger partial charge in [0.05, 0.1) is 11.4 Å². The Kier molecular flexibility index (Phi) is 5.67. The van der Waals surface area contributed by atoms with Gasteiger partial charge in [0.15, 0.2) is 5.17 Å². The fourth-order valence-electron chi connectivity index (χ4n) is 3.10. The van der Waals surface area contributed by atoms with Crippen molar-refractivity contribution in [3.05, 3.63) is 29.8 Å². The van der Waals surface area contributed by atoms with E-state index in [4.69, 9.17) is 4.99 Å². The summed E-state index contributed by atoms with van der Waals surface area (Å²) in [7, 11) is -0.260. The molecule has 6 nitrogen and oxygen atoms in total. The third-order valence-electron chi connectivity index (χ3n) is 4.69. The van der Waals surface area contributed by atoms with Gasteiger partial charge in [-0.3, -0.25) is 9.89 Å².